The van der Waals surface area contributed by atoms with Gasteiger partial charge >= 0.3 is 0 Å². The summed E-state index contributed by atoms with van der Waals surface area (Å²) in [5.41, 5.74) is 21.1. The lowest BCUT2D eigenvalue weighted by Gasteiger charge is -2.21. The Labute approximate surface area is 461 Å². The lowest BCUT2D eigenvalue weighted by molar-refractivity contribution is 1.07. The van der Waals surface area contributed by atoms with E-state index in [1.54, 1.807) is 6.08 Å². The fourth-order valence-electron chi connectivity index (χ4n) is 10.9. The standard InChI is InChI=1S/C75H52N4/c1-3-21-51(4-2)56-34-38-58(39-35-56)66-49-65(75-77-73(60-30-18-9-19-31-60)76-74(78-75)64-33-20-32-61(46-64)53-24-12-6-13-25-53)50-67(59-40-36-57(37-41-59)52-22-10-5-11-23-52)72(66)79-70-44-42-62(54-26-14-7-15-27-54)47-68(70)69-48-63(43-45-71(69)79)55-28-16-8-17-29-55/h3-50H,1-2H2/b51-21+. The van der Waals surface area contributed by atoms with Gasteiger partial charge in [0.05, 0.1) is 16.7 Å². The molecule has 2 aromatic heterocycles. The van der Waals surface area contributed by atoms with Crippen LogP contribution >= 0.6 is 0 Å². The molecule has 0 fully saturated rings. The quantitative estimate of drug-likeness (QED) is 0.108. The molecule has 79 heavy (non-hydrogen) atoms. The Hall–Kier alpha value is -10.6. The molecule has 372 valence electrons. The molecular formula is C75H52N4. The van der Waals surface area contributed by atoms with Gasteiger partial charge in [-0.05, 0) is 109 Å². The third-order valence-electron chi connectivity index (χ3n) is 14.8. The van der Waals surface area contributed by atoms with E-state index in [2.05, 4.69) is 266 Å². The zero-order valence-corrected chi connectivity index (χ0v) is 43.4. The molecule has 2 heterocycles. The first kappa shape index (κ1) is 48.1. The Morgan fingerprint density at radius 2 is 0.658 bits per heavy atom. The lowest BCUT2D eigenvalue weighted by atomic mass is 9.91. The smallest absolute Gasteiger partial charge is 0.164 e. The highest BCUT2D eigenvalue weighted by atomic mass is 15.0. The molecule has 0 atom stereocenters. The van der Waals surface area contributed by atoms with E-state index in [1.165, 1.54) is 0 Å². The van der Waals surface area contributed by atoms with Gasteiger partial charge in [-0.3, -0.25) is 0 Å². The zero-order valence-electron chi connectivity index (χ0n) is 43.4. The Bertz CT molecular complexity index is 4290. The van der Waals surface area contributed by atoms with Crippen LogP contribution in [-0.4, -0.2) is 19.5 Å². The maximum absolute atomic E-state index is 5.44. The zero-order chi connectivity index (χ0) is 53.1. The molecule has 11 aromatic carbocycles. The molecule has 0 saturated carbocycles. The Morgan fingerprint density at radius 3 is 1.13 bits per heavy atom. The largest absolute Gasteiger partial charge is 0.308 e. The van der Waals surface area contributed by atoms with E-state index in [4.69, 9.17) is 15.0 Å². The van der Waals surface area contributed by atoms with Gasteiger partial charge in [0.25, 0.3) is 0 Å². The maximum Gasteiger partial charge on any atom is 0.164 e. The molecule has 0 radical (unpaired) electrons. The summed E-state index contributed by atoms with van der Waals surface area (Å²) in [4.78, 5) is 16.0. The van der Waals surface area contributed by atoms with Gasteiger partial charge in [-0.2, -0.15) is 0 Å². The van der Waals surface area contributed by atoms with E-state index >= 15 is 0 Å². The number of allylic oxidation sites excluding steroid dienone is 4. The summed E-state index contributed by atoms with van der Waals surface area (Å²) in [6.07, 6.45) is 5.68. The summed E-state index contributed by atoms with van der Waals surface area (Å²) in [6.45, 7) is 8.15. The van der Waals surface area contributed by atoms with Gasteiger partial charge in [-0.15, -0.1) is 0 Å². The molecule has 13 rings (SSSR count). The lowest BCUT2D eigenvalue weighted by Crippen LogP contribution is -2.04. The monoisotopic (exact) mass is 1010 g/mol. The molecule has 0 unspecified atom stereocenters. The third kappa shape index (κ3) is 9.49. The molecule has 0 aliphatic heterocycles. The maximum atomic E-state index is 5.44. The Balaban J connectivity index is 1.13. The number of aromatic nitrogens is 4. The van der Waals surface area contributed by atoms with Crippen LogP contribution in [0.25, 0.3) is 134 Å². The van der Waals surface area contributed by atoms with E-state index in [-0.39, 0.29) is 0 Å². The number of fused-ring (bicyclic) bond motifs is 3. The van der Waals surface area contributed by atoms with Crippen molar-refractivity contribution < 1.29 is 0 Å². The second kappa shape index (κ2) is 21.2. The molecule has 0 N–H and O–H groups in total. The summed E-state index contributed by atoms with van der Waals surface area (Å²) in [7, 11) is 0. The van der Waals surface area contributed by atoms with Gasteiger partial charge in [0, 0.05) is 38.6 Å². The molecular weight excluding hydrogens is 957 g/mol. The van der Waals surface area contributed by atoms with E-state index < -0.39 is 0 Å². The molecule has 0 amide bonds. The number of benzene rings is 11. The van der Waals surface area contributed by atoms with Crippen molar-refractivity contribution in [3.8, 4) is 107 Å². The summed E-state index contributed by atoms with van der Waals surface area (Å²) in [6, 6.07) is 97.2. The van der Waals surface area contributed by atoms with Crippen molar-refractivity contribution in [3.63, 3.8) is 0 Å². The van der Waals surface area contributed by atoms with Crippen LogP contribution in [0.15, 0.2) is 304 Å². The van der Waals surface area contributed by atoms with Crippen LogP contribution in [0, 0.1) is 0 Å². The Kier molecular flexibility index (Phi) is 12.9. The average Bonchev–Trinajstić information content (AvgIpc) is 4.07. The first-order valence-corrected chi connectivity index (χ1v) is 26.6. The second-order valence-corrected chi connectivity index (χ2v) is 19.7. The third-order valence-corrected chi connectivity index (χ3v) is 14.8. The van der Waals surface area contributed by atoms with Crippen LogP contribution in [0.3, 0.4) is 0 Å². The molecule has 0 bridgehead atoms. The molecule has 0 aliphatic carbocycles. The highest BCUT2D eigenvalue weighted by molar-refractivity contribution is 6.13. The summed E-state index contributed by atoms with van der Waals surface area (Å²) < 4.78 is 2.48. The predicted octanol–water partition coefficient (Wildman–Crippen LogP) is 19.7. The fourth-order valence-corrected chi connectivity index (χ4v) is 10.9. The van der Waals surface area contributed by atoms with E-state index in [0.717, 1.165) is 122 Å². The number of hydrogen-bond acceptors (Lipinski definition) is 3. The highest BCUT2D eigenvalue weighted by Gasteiger charge is 2.24. The fraction of sp³-hybridized carbons (Fsp3) is 0. The van der Waals surface area contributed by atoms with Crippen LogP contribution in [0.5, 0.6) is 0 Å². The second-order valence-electron chi connectivity index (χ2n) is 19.7. The van der Waals surface area contributed by atoms with Crippen LogP contribution in [-0.2, 0) is 0 Å². The van der Waals surface area contributed by atoms with Crippen molar-refractivity contribution in [2.75, 3.05) is 0 Å². The van der Waals surface area contributed by atoms with Crippen LogP contribution < -0.4 is 0 Å². The topological polar surface area (TPSA) is 43.6 Å². The van der Waals surface area contributed by atoms with Crippen molar-refractivity contribution >= 4 is 27.4 Å². The van der Waals surface area contributed by atoms with Gasteiger partial charge in [0.2, 0.25) is 0 Å². The van der Waals surface area contributed by atoms with Crippen molar-refractivity contribution in [2.45, 2.75) is 0 Å². The number of hydrogen-bond donors (Lipinski definition) is 0. The molecule has 0 saturated heterocycles. The SMILES string of the molecule is C=C/C=C(\C=C)c1ccc(-c2cc(-c3nc(-c4ccccc4)nc(-c4cccc(-c5ccccc5)c4)n3)cc(-c3ccc(-c4ccccc4)cc3)c2-n2c3ccc(-c4ccccc4)cc3c3cc(-c4ccccc4)ccc32)cc1. The summed E-state index contributed by atoms with van der Waals surface area (Å²) >= 11 is 0. The first-order chi connectivity index (χ1) is 39.1. The Morgan fingerprint density at radius 1 is 0.304 bits per heavy atom. The van der Waals surface area contributed by atoms with Gasteiger partial charge in [-0.1, -0.05) is 262 Å². The van der Waals surface area contributed by atoms with Gasteiger partial charge in [0.1, 0.15) is 0 Å². The minimum Gasteiger partial charge on any atom is -0.308 e. The van der Waals surface area contributed by atoms with Crippen molar-refractivity contribution in [1.82, 2.24) is 19.5 Å². The van der Waals surface area contributed by atoms with Crippen LogP contribution in [0.1, 0.15) is 5.56 Å². The number of nitrogens with zero attached hydrogens (tertiary/aromatic N) is 4. The van der Waals surface area contributed by atoms with Gasteiger partial charge in [0.15, 0.2) is 17.5 Å². The van der Waals surface area contributed by atoms with E-state index in [1.807, 2.05) is 36.4 Å². The first-order valence-electron chi connectivity index (χ1n) is 26.6. The van der Waals surface area contributed by atoms with Crippen molar-refractivity contribution in [2.24, 2.45) is 0 Å². The van der Waals surface area contributed by atoms with Crippen LogP contribution in [0.2, 0.25) is 0 Å². The predicted molar refractivity (Wildman–Crippen MR) is 331 cm³/mol. The minimum absolute atomic E-state index is 0.561. The molecule has 13 aromatic rings. The minimum atomic E-state index is 0.561. The summed E-state index contributed by atoms with van der Waals surface area (Å²) in [5, 5.41) is 2.31. The van der Waals surface area contributed by atoms with E-state index in [0.29, 0.717) is 17.5 Å². The number of rotatable bonds is 13. The van der Waals surface area contributed by atoms with Gasteiger partial charge < -0.3 is 4.57 Å². The highest BCUT2D eigenvalue weighted by Crippen LogP contribution is 2.46. The van der Waals surface area contributed by atoms with E-state index in [9.17, 15) is 0 Å². The molecule has 0 spiro atoms. The molecule has 4 nitrogen and oxygen atoms in total. The normalized spacial score (nSPS) is 11.5. The van der Waals surface area contributed by atoms with Gasteiger partial charge in [-0.25, -0.2) is 15.0 Å². The summed E-state index contributed by atoms with van der Waals surface area (Å²) in [5.74, 6) is 1.74. The van der Waals surface area contributed by atoms with Crippen molar-refractivity contribution in [1.29, 1.82) is 0 Å². The van der Waals surface area contributed by atoms with Crippen LogP contribution in [0.4, 0.5) is 0 Å². The van der Waals surface area contributed by atoms with Crippen molar-refractivity contribution in [3.05, 3.63) is 310 Å². The average molecular weight is 1010 g/mol. The molecule has 0 aliphatic rings. The molecule has 4 heteroatoms.